The first-order valence-electron chi connectivity index (χ1n) is 6.66. The predicted octanol–water partition coefficient (Wildman–Crippen LogP) is 3.10. The number of ether oxygens (including phenoxy) is 1. The minimum absolute atomic E-state index is 0. The van der Waals surface area contributed by atoms with Crippen LogP contribution in [0, 0.1) is 0 Å². The first-order chi connectivity index (χ1) is 9.66. The molecule has 0 atom stereocenters. The van der Waals surface area contributed by atoms with Gasteiger partial charge >= 0.3 is 0 Å². The smallest absolute Gasteiger partial charge is 0.230 e. The van der Waals surface area contributed by atoms with Crippen LogP contribution in [0.2, 0.25) is 5.02 Å². The molecule has 1 saturated carbocycles. The molecule has 7 heteroatoms. The molecule has 0 radical (unpaired) electrons. The Morgan fingerprint density at radius 3 is 2.62 bits per heavy atom. The molecular formula is C14H17Cl2N3O2. The summed E-state index contributed by atoms with van der Waals surface area (Å²) < 4.78 is 10.8. The molecule has 1 heterocycles. The lowest BCUT2D eigenvalue weighted by Crippen LogP contribution is -2.44. The first kappa shape index (κ1) is 16.1. The molecule has 0 aliphatic heterocycles. The van der Waals surface area contributed by atoms with Crippen molar-refractivity contribution in [3.8, 4) is 5.75 Å². The summed E-state index contributed by atoms with van der Waals surface area (Å²) in [6, 6.07) is 7.22. The minimum atomic E-state index is -0.376. The van der Waals surface area contributed by atoms with Gasteiger partial charge in [-0.25, -0.2) is 0 Å². The number of aromatic nitrogens is 2. The molecule has 0 saturated heterocycles. The Bertz CT molecular complexity index is 582. The zero-order chi connectivity index (χ0) is 14.0. The van der Waals surface area contributed by atoms with E-state index in [1.165, 1.54) is 0 Å². The highest BCUT2D eigenvalue weighted by Gasteiger charge is 2.38. The van der Waals surface area contributed by atoms with Gasteiger partial charge in [-0.1, -0.05) is 16.8 Å². The van der Waals surface area contributed by atoms with E-state index in [2.05, 4.69) is 10.1 Å². The van der Waals surface area contributed by atoms with E-state index in [0.717, 1.165) is 25.0 Å². The van der Waals surface area contributed by atoms with Gasteiger partial charge in [0.05, 0.1) is 18.6 Å². The van der Waals surface area contributed by atoms with Crippen LogP contribution in [0.1, 0.15) is 31.0 Å². The lowest BCUT2D eigenvalue weighted by atomic mass is 9.77. The summed E-state index contributed by atoms with van der Waals surface area (Å²) in [6.45, 7) is 0.473. The molecule has 2 N–H and O–H groups in total. The zero-order valence-corrected chi connectivity index (χ0v) is 13.0. The van der Waals surface area contributed by atoms with Crippen LogP contribution in [0.5, 0.6) is 5.75 Å². The molecule has 2 aromatic rings. The topological polar surface area (TPSA) is 74.2 Å². The highest BCUT2D eigenvalue weighted by molar-refractivity contribution is 6.30. The summed E-state index contributed by atoms with van der Waals surface area (Å²) in [6.07, 6.45) is 3.53. The average molecular weight is 330 g/mol. The van der Waals surface area contributed by atoms with Gasteiger partial charge in [-0.05, 0) is 43.5 Å². The quantitative estimate of drug-likeness (QED) is 0.912. The average Bonchev–Trinajstić information content (AvgIpc) is 2.87. The van der Waals surface area contributed by atoms with Crippen molar-refractivity contribution in [2.24, 2.45) is 5.73 Å². The van der Waals surface area contributed by atoms with Crippen LogP contribution in [-0.4, -0.2) is 16.7 Å². The van der Waals surface area contributed by atoms with E-state index in [0.29, 0.717) is 29.8 Å². The summed E-state index contributed by atoms with van der Waals surface area (Å²) in [5, 5.41) is 4.65. The maximum atomic E-state index is 6.14. The van der Waals surface area contributed by atoms with Gasteiger partial charge in [-0.2, -0.15) is 4.98 Å². The van der Waals surface area contributed by atoms with Gasteiger partial charge < -0.3 is 15.0 Å². The van der Waals surface area contributed by atoms with Crippen molar-refractivity contribution in [3.63, 3.8) is 0 Å². The van der Waals surface area contributed by atoms with Gasteiger partial charge in [0.15, 0.2) is 5.82 Å². The summed E-state index contributed by atoms with van der Waals surface area (Å²) in [5.74, 6) is 1.94. The van der Waals surface area contributed by atoms with Crippen molar-refractivity contribution >= 4 is 24.0 Å². The monoisotopic (exact) mass is 329 g/mol. The van der Waals surface area contributed by atoms with E-state index < -0.39 is 0 Å². The predicted molar refractivity (Wildman–Crippen MR) is 81.9 cm³/mol. The minimum Gasteiger partial charge on any atom is -0.493 e. The molecule has 0 amide bonds. The largest absolute Gasteiger partial charge is 0.493 e. The van der Waals surface area contributed by atoms with Crippen molar-refractivity contribution < 1.29 is 9.26 Å². The number of hydrogen-bond donors (Lipinski definition) is 1. The number of nitrogens with two attached hydrogens (primary N) is 1. The Morgan fingerprint density at radius 1 is 1.29 bits per heavy atom. The van der Waals surface area contributed by atoms with Crippen LogP contribution in [-0.2, 0) is 12.0 Å². The van der Waals surface area contributed by atoms with Crippen LogP contribution in [0.25, 0.3) is 0 Å². The summed E-state index contributed by atoms with van der Waals surface area (Å²) in [5.41, 5.74) is 5.77. The van der Waals surface area contributed by atoms with Gasteiger partial charge in [0.1, 0.15) is 5.75 Å². The molecule has 0 spiro atoms. The molecule has 1 aliphatic rings. The second-order valence-electron chi connectivity index (χ2n) is 5.07. The molecule has 5 nitrogen and oxygen atoms in total. The van der Waals surface area contributed by atoms with Crippen LogP contribution in [0.4, 0.5) is 0 Å². The van der Waals surface area contributed by atoms with Gasteiger partial charge in [0.25, 0.3) is 0 Å². The van der Waals surface area contributed by atoms with Crippen LogP contribution in [0.3, 0.4) is 0 Å². The van der Waals surface area contributed by atoms with E-state index in [-0.39, 0.29) is 17.9 Å². The third-order valence-electron chi connectivity index (χ3n) is 3.56. The zero-order valence-electron chi connectivity index (χ0n) is 11.4. The maximum absolute atomic E-state index is 6.14. The molecule has 1 aromatic heterocycles. The van der Waals surface area contributed by atoms with E-state index in [1.54, 1.807) is 12.1 Å². The molecule has 0 unspecified atom stereocenters. The van der Waals surface area contributed by atoms with E-state index in [1.807, 2.05) is 12.1 Å². The Hall–Kier alpha value is -1.30. The normalized spacial score (nSPS) is 15.9. The Labute approximate surface area is 134 Å². The van der Waals surface area contributed by atoms with Gasteiger partial charge in [0, 0.05) is 5.02 Å². The SMILES string of the molecule is Cl.NC1(c2noc(CCOc3ccc(Cl)cc3)n2)CCC1. The number of rotatable bonds is 5. The van der Waals surface area contributed by atoms with Crippen LogP contribution >= 0.6 is 24.0 Å². The first-order valence-corrected chi connectivity index (χ1v) is 7.04. The second-order valence-corrected chi connectivity index (χ2v) is 5.51. The highest BCUT2D eigenvalue weighted by atomic mass is 35.5. The van der Waals surface area contributed by atoms with Crippen molar-refractivity contribution in [3.05, 3.63) is 41.0 Å². The van der Waals surface area contributed by atoms with Crippen molar-refractivity contribution in [2.75, 3.05) is 6.61 Å². The van der Waals surface area contributed by atoms with Gasteiger partial charge in [-0.15, -0.1) is 12.4 Å². The summed E-state index contributed by atoms with van der Waals surface area (Å²) in [7, 11) is 0. The third-order valence-corrected chi connectivity index (χ3v) is 3.81. The van der Waals surface area contributed by atoms with E-state index >= 15 is 0 Å². The number of benzene rings is 1. The molecule has 1 fully saturated rings. The van der Waals surface area contributed by atoms with Crippen LogP contribution in [0.15, 0.2) is 28.8 Å². The third kappa shape index (κ3) is 3.67. The Morgan fingerprint density at radius 2 is 2.00 bits per heavy atom. The fourth-order valence-corrected chi connectivity index (χ4v) is 2.25. The molecule has 21 heavy (non-hydrogen) atoms. The van der Waals surface area contributed by atoms with Gasteiger partial charge in [-0.3, -0.25) is 0 Å². The molecular weight excluding hydrogens is 313 g/mol. The van der Waals surface area contributed by atoms with E-state index in [4.69, 9.17) is 26.6 Å². The Balaban J connectivity index is 0.00000161. The number of halogens is 2. The summed E-state index contributed by atoms with van der Waals surface area (Å²) in [4.78, 5) is 4.35. The van der Waals surface area contributed by atoms with Crippen molar-refractivity contribution in [1.29, 1.82) is 0 Å². The number of hydrogen-bond acceptors (Lipinski definition) is 5. The van der Waals surface area contributed by atoms with Gasteiger partial charge in [0.2, 0.25) is 5.89 Å². The lowest BCUT2D eigenvalue weighted by Gasteiger charge is -2.34. The highest BCUT2D eigenvalue weighted by Crippen LogP contribution is 2.36. The Kier molecular flexibility index (Phi) is 5.08. The summed E-state index contributed by atoms with van der Waals surface area (Å²) >= 11 is 5.81. The molecule has 1 aromatic carbocycles. The lowest BCUT2D eigenvalue weighted by molar-refractivity contribution is 0.228. The van der Waals surface area contributed by atoms with E-state index in [9.17, 15) is 0 Å². The fraction of sp³-hybridized carbons (Fsp3) is 0.429. The van der Waals surface area contributed by atoms with Crippen LogP contribution < -0.4 is 10.5 Å². The molecule has 1 aliphatic carbocycles. The number of nitrogens with zero attached hydrogens (tertiary/aromatic N) is 2. The maximum Gasteiger partial charge on any atom is 0.230 e. The van der Waals surface area contributed by atoms with Crippen molar-refractivity contribution in [2.45, 2.75) is 31.2 Å². The standard InChI is InChI=1S/C14H16ClN3O2.ClH/c15-10-2-4-11(5-3-10)19-9-6-12-17-13(18-20-12)14(16)7-1-8-14;/h2-5H,1,6-9,16H2;1H. The second kappa shape index (κ2) is 6.64. The fourth-order valence-electron chi connectivity index (χ4n) is 2.13. The molecule has 114 valence electrons. The molecule has 0 bridgehead atoms. The van der Waals surface area contributed by atoms with Crippen molar-refractivity contribution in [1.82, 2.24) is 10.1 Å². The molecule has 3 rings (SSSR count).